The van der Waals surface area contributed by atoms with Crippen molar-refractivity contribution in [3.8, 4) is 23.0 Å². The van der Waals surface area contributed by atoms with Gasteiger partial charge in [-0.3, -0.25) is 10.3 Å². The Morgan fingerprint density at radius 1 is 0.963 bits per heavy atom. The number of methoxy groups -OCH3 is 2. The third-order valence-corrected chi connectivity index (χ3v) is 4.41. The lowest BCUT2D eigenvalue weighted by atomic mass is 10.1. The molecule has 27 heavy (non-hydrogen) atoms. The van der Waals surface area contributed by atoms with Crippen LogP contribution in [0.4, 0.5) is 10.5 Å². The molecule has 0 fully saturated rings. The van der Waals surface area contributed by atoms with Gasteiger partial charge in [-0.1, -0.05) is 0 Å². The molecule has 2 N–H and O–H groups in total. The summed E-state index contributed by atoms with van der Waals surface area (Å²) in [6, 6.07) is 8.80. The summed E-state index contributed by atoms with van der Waals surface area (Å²) >= 11 is 0. The predicted octanol–water partition coefficient (Wildman–Crippen LogP) is 4.75. The smallest absolute Gasteiger partial charge is 0.409 e. The second kappa shape index (κ2) is 7.41. The normalized spacial score (nSPS) is 10.5. The van der Waals surface area contributed by atoms with Crippen LogP contribution < -0.4 is 19.5 Å². The van der Waals surface area contributed by atoms with E-state index < -0.39 is 6.09 Å². The molecule has 0 atom stereocenters. The Morgan fingerprint density at radius 3 is 2.33 bits per heavy atom. The first-order chi connectivity index (χ1) is 12.9. The Bertz CT molecular complexity index is 1020. The maximum Gasteiger partial charge on any atom is 0.409 e. The number of nitrogens with zero attached hydrogens (tertiary/aromatic N) is 1. The molecule has 0 radical (unpaired) electrons. The summed E-state index contributed by atoms with van der Waals surface area (Å²) < 4.78 is 16.8. The van der Waals surface area contributed by atoms with Gasteiger partial charge in [0.15, 0.2) is 11.5 Å². The van der Waals surface area contributed by atoms with E-state index in [0.29, 0.717) is 34.2 Å². The molecule has 1 aromatic heterocycles. The van der Waals surface area contributed by atoms with E-state index >= 15 is 0 Å². The molecule has 3 aromatic rings. The number of benzene rings is 2. The van der Waals surface area contributed by atoms with Crippen molar-refractivity contribution < 1.29 is 24.1 Å². The molecule has 1 amide bonds. The minimum absolute atomic E-state index is 0.526. The molecule has 140 valence electrons. The van der Waals surface area contributed by atoms with Gasteiger partial charge in [-0.05, 0) is 49.2 Å². The summed E-state index contributed by atoms with van der Waals surface area (Å²) in [5.41, 5.74) is 2.88. The Hall–Kier alpha value is -3.48. The molecular formula is C20H20N2O5. The molecule has 0 saturated carbocycles. The van der Waals surface area contributed by atoms with E-state index in [1.54, 1.807) is 44.7 Å². The average Bonchev–Trinajstić information content (AvgIpc) is 2.66. The van der Waals surface area contributed by atoms with Crippen LogP contribution in [0.1, 0.15) is 11.1 Å². The van der Waals surface area contributed by atoms with Crippen molar-refractivity contribution in [3.63, 3.8) is 0 Å². The van der Waals surface area contributed by atoms with E-state index in [2.05, 4.69) is 10.3 Å². The lowest BCUT2D eigenvalue weighted by Crippen LogP contribution is -2.09. The van der Waals surface area contributed by atoms with Crippen molar-refractivity contribution in [2.24, 2.45) is 0 Å². The van der Waals surface area contributed by atoms with E-state index in [1.165, 1.54) is 0 Å². The minimum Gasteiger partial charge on any atom is -0.493 e. The van der Waals surface area contributed by atoms with Gasteiger partial charge in [0.2, 0.25) is 0 Å². The van der Waals surface area contributed by atoms with Gasteiger partial charge < -0.3 is 19.3 Å². The average molecular weight is 368 g/mol. The number of ether oxygens (including phenoxy) is 3. The summed E-state index contributed by atoms with van der Waals surface area (Å²) in [4.78, 5) is 15.3. The van der Waals surface area contributed by atoms with Gasteiger partial charge in [0, 0.05) is 23.3 Å². The fourth-order valence-electron chi connectivity index (χ4n) is 2.81. The zero-order valence-electron chi connectivity index (χ0n) is 15.5. The van der Waals surface area contributed by atoms with Crippen LogP contribution in [0.3, 0.4) is 0 Å². The van der Waals surface area contributed by atoms with Gasteiger partial charge in [-0.2, -0.15) is 0 Å². The number of nitrogens with one attached hydrogen (secondary N) is 1. The number of hydrogen-bond donors (Lipinski definition) is 2. The number of carbonyl (C=O) groups is 1. The van der Waals surface area contributed by atoms with Gasteiger partial charge in [0.25, 0.3) is 0 Å². The van der Waals surface area contributed by atoms with Crippen LogP contribution >= 0.6 is 0 Å². The van der Waals surface area contributed by atoms with E-state index in [0.717, 1.165) is 16.5 Å². The van der Waals surface area contributed by atoms with Crippen molar-refractivity contribution in [2.75, 3.05) is 19.5 Å². The van der Waals surface area contributed by atoms with Crippen LogP contribution in [0, 0.1) is 13.8 Å². The van der Waals surface area contributed by atoms with Gasteiger partial charge >= 0.3 is 6.09 Å². The molecule has 0 aliphatic carbocycles. The molecule has 0 spiro atoms. The number of amides is 1. The van der Waals surface area contributed by atoms with Gasteiger partial charge in [-0.15, -0.1) is 0 Å². The van der Waals surface area contributed by atoms with Crippen molar-refractivity contribution in [1.29, 1.82) is 0 Å². The van der Waals surface area contributed by atoms with Crippen molar-refractivity contribution in [1.82, 2.24) is 4.98 Å². The second-order valence-electron chi connectivity index (χ2n) is 5.93. The fourth-order valence-corrected chi connectivity index (χ4v) is 2.81. The highest BCUT2D eigenvalue weighted by Crippen LogP contribution is 2.38. The highest BCUT2D eigenvalue weighted by atomic mass is 16.5. The molecular weight excluding hydrogens is 348 g/mol. The highest BCUT2D eigenvalue weighted by molar-refractivity contribution is 5.88. The van der Waals surface area contributed by atoms with E-state index in [9.17, 15) is 4.79 Å². The summed E-state index contributed by atoms with van der Waals surface area (Å²) in [5, 5.41) is 12.1. The highest BCUT2D eigenvalue weighted by Gasteiger charge is 2.14. The van der Waals surface area contributed by atoms with E-state index in [-0.39, 0.29) is 0 Å². The molecule has 2 aromatic carbocycles. The maximum absolute atomic E-state index is 10.9. The number of carboxylic acid groups (broad SMARTS) is 1. The quantitative estimate of drug-likeness (QED) is 0.675. The summed E-state index contributed by atoms with van der Waals surface area (Å²) in [6.45, 7) is 3.72. The molecule has 3 rings (SSSR count). The lowest BCUT2D eigenvalue weighted by Gasteiger charge is -2.16. The van der Waals surface area contributed by atoms with Crippen LogP contribution in [0.15, 0.2) is 36.5 Å². The molecule has 7 nitrogen and oxygen atoms in total. The summed E-state index contributed by atoms with van der Waals surface area (Å²) in [6.07, 6.45) is 0.555. The first-order valence-electron chi connectivity index (χ1n) is 8.23. The Kier molecular flexibility index (Phi) is 5.03. The lowest BCUT2D eigenvalue weighted by molar-refractivity contribution is 0.209. The van der Waals surface area contributed by atoms with Crippen LogP contribution in [-0.4, -0.2) is 30.4 Å². The zero-order valence-corrected chi connectivity index (χ0v) is 15.5. The first kappa shape index (κ1) is 18.3. The van der Waals surface area contributed by atoms with E-state index in [1.807, 2.05) is 19.9 Å². The topological polar surface area (TPSA) is 89.9 Å². The van der Waals surface area contributed by atoms with Crippen LogP contribution in [-0.2, 0) is 0 Å². The standard InChI is InChI=1S/C20H20N2O5/c1-11-12(2)16(6-5-14(11)22-20(23)24)27-17-7-8-21-15-10-19(26-4)18(25-3)9-13(15)17/h5-10,22H,1-4H3,(H,23,24). The molecule has 0 saturated heterocycles. The minimum atomic E-state index is -1.10. The molecule has 0 aliphatic heterocycles. The molecule has 7 heteroatoms. The molecule has 0 aliphatic rings. The molecule has 0 unspecified atom stereocenters. The third-order valence-electron chi connectivity index (χ3n) is 4.41. The SMILES string of the molecule is COc1cc2nccc(Oc3ccc(NC(=O)O)c(C)c3C)c2cc1OC. The van der Waals surface area contributed by atoms with Crippen molar-refractivity contribution in [2.45, 2.75) is 13.8 Å². The molecule has 0 bridgehead atoms. The fraction of sp³-hybridized carbons (Fsp3) is 0.200. The number of hydrogen-bond acceptors (Lipinski definition) is 5. The van der Waals surface area contributed by atoms with Gasteiger partial charge in [0.05, 0.1) is 19.7 Å². The maximum atomic E-state index is 10.9. The summed E-state index contributed by atoms with van der Waals surface area (Å²) in [5.74, 6) is 2.41. The zero-order chi connectivity index (χ0) is 19.6. The second-order valence-corrected chi connectivity index (χ2v) is 5.93. The number of pyridine rings is 1. The molecule has 1 heterocycles. The predicted molar refractivity (Wildman–Crippen MR) is 102 cm³/mol. The number of anilines is 1. The first-order valence-corrected chi connectivity index (χ1v) is 8.23. The number of aromatic nitrogens is 1. The number of rotatable bonds is 5. The Balaban J connectivity index is 2.04. The largest absolute Gasteiger partial charge is 0.493 e. The van der Waals surface area contributed by atoms with Crippen LogP contribution in [0.25, 0.3) is 10.9 Å². The Morgan fingerprint density at radius 2 is 1.67 bits per heavy atom. The Labute approximate surface area is 156 Å². The van der Waals surface area contributed by atoms with Crippen LogP contribution in [0.2, 0.25) is 0 Å². The van der Waals surface area contributed by atoms with Gasteiger partial charge in [-0.25, -0.2) is 4.79 Å². The monoisotopic (exact) mass is 368 g/mol. The summed E-state index contributed by atoms with van der Waals surface area (Å²) in [7, 11) is 3.14. The van der Waals surface area contributed by atoms with Crippen LogP contribution in [0.5, 0.6) is 23.0 Å². The van der Waals surface area contributed by atoms with Crippen molar-refractivity contribution in [3.05, 3.63) is 47.7 Å². The number of fused-ring (bicyclic) bond motifs is 1. The van der Waals surface area contributed by atoms with E-state index in [4.69, 9.17) is 19.3 Å². The third kappa shape index (κ3) is 3.57. The van der Waals surface area contributed by atoms with Crippen molar-refractivity contribution >= 4 is 22.7 Å². The van der Waals surface area contributed by atoms with Gasteiger partial charge in [0.1, 0.15) is 11.5 Å².